The van der Waals surface area contributed by atoms with Crippen LogP contribution < -0.4 is 0 Å². The largest absolute Gasteiger partial charge is 0.265 e. The Morgan fingerprint density at radius 3 is 2.80 bits per heavy atom. The molecule has 0 saturated heterocycles. The Labute approximate surface area is 97.8 Å². The van der Waals surface area contributed by atoms with Crippen LogP contribution in [0.1, 0.15) is 5.56 Å². The lowest BCUT2D eigenvalue weighted by molar-refractivity contribution is 0.350. The van der Waals surface area contributed by atoms with Crippen LogP contribution in [0.25, 0.3) is 0 Å². The van der Waals surface area contributed by atoms with Gasteiger partial charge < -0.3 is 0 Å². The highest BCUT2D eigenvalue weighted by Crippen LogP contribution is 2.19. The van der Waals surface area contributed by atoms with Crippen molar-refractivity contribution < 1.29 is 0 Å². The second-order valence-electron chi connectivity index (χ2n) is 3.09. The van der Waals surface area contributed by atoms with Gasteiger partial charge in [-0.3, -0.25) is 10.0 Å². The van der Waals surface area contributed by atoms with E-state index >= 15 is 0 Å². The summed E-state index contributed by atoms with van der Waals surface area (Å²) >= 11 is 7.37. The maximum absolute atomic E-state index is 5.79. The summed E-state index contributed by atoms with van der Waals surface area (Å²) < 4.78 is 0. The summed E-state index contributed by atoms with van der Waals surface area (Å²) in [5.41, 5.74) is 2.89. The Morgan fingerprint density at radius 1 is 1.47 bits per heavy atom. The van der Waals surface area contributed by atoms with Gasteiger partial charge in [0.1, 0.15) is 0 Å². The predicted octanol–water partition coefficient (Wildman–Crippen LogP) is 2.66. The fourth-order valence-corrected chi connectivity index (χ4v) is 1.93. The van der Waals surface area contributed by atoms with Gasteiger partial charge in [-0.1, -0.05) is 35.5 Å². The Hall–Kier alpha value is -1.00. The summed E-state index contributed by atoms with van der Waals surface area (Å²) in [6.07, 6.45) is 1.83. The number of halogens is 1. The highest BCUT2D eigenvalue weighted by Gasteiger charge is 2.14. The Bertz CT molecular complexity index is 388. The summed E-state index contributed by atoms with van der Waals surface area (Å²) in [6.45, 7) is 0. The van der Waals surface area contributed by atoms with Gasteiger partial charge in [-0.2, -0.15) is 5.10 Å². The van der Waals surface area contributed by atoms with Crippen molar-refractivity contribution in [3.63, 3.8) is 0 Å². The molecule has 0 aliphatic carbocycles. The van der Waals surface area contributed by atoms with E-state index in [0.717, 1.165) is 10.6 Å². The van der Waals surface area contributed by atoms with E-state index in [2.05, 4.69) is 10.1 Å². The molecular weight excluding hydrogens is 230 g/mol. The van der Waals surface area contributed by atoms with Gasteiger partial charge in [-0.05, 0) is 17.7 Å². The van der Waals surface area contributed by atoms with Gasteiger partial charge in [0.05, 0.1) is 5.55 Å². The molecule has 1 aliphatic heterocycles. The number of benzene rings is 1. The first-order valence-corrected chi connectivity index (χ1v) is 5.77. The fraction of sp³-hybridized carbons (Fsp3) is 0.200. The van der Waals surface area contributed by atoms with E-state index in [4.69, 9.17) is 11.6 Å². The van der Waals surface area contributed by atoms with E-state index in [9.17, 15) is 0 Å². The van der Waals surface area contributed by atoms with Crippen LogP contribution in [0, 0.1) is 0 Å². The molecule has 2 rings (SSSR count). The van der Waals surface area contributed by atoms with Crippen LogP contribution in [-0.4, -0.2) is 29.3 Å². The molecule has 1 atom stereocenters. The van der Waals surface area contributed by atoms with Gasteiger partial charge >= 0.3 is 0 Å². The van der Waals surface area contributed by atoms with Crippen LogP contribution in [0.3, 0.4) is 0 Å². The molecule has 0 spiro atoms. The normalized spacial score (nSPS) is 20.4. The zero-order valence-electron chi connectivity index (χ0n) is 8.17. The van der Waals surface area contributed by atoms with Crippen LogP contribution in [-0.2, 0) is 0 Å². The zero-order chi connectivity index (χ0) is 10.7. The third-order valence-electron chi connectivity index (χ3n) is 1.95. The molecule has 1 unspecified atom stereocenters. The van der Waals surface area contributed by atoms with E-state index in [1.165, 1.54) is 0 Å². The molecule has 1 aromatic rings. The molecule has 5 heteroatoms. The first-order valence-electron chi connectivity index (χ1n) is 4.45. The number of hydrogen-bond donors (Lipinski definition) is 0. The first kappa shape index (κ1) is 10.5. The molecule has 0 fully saturated rings. The lowest BCUT2D eigenvalue weighted by Gasteiger charge is -2.12. The average Bonchev–Trinajstić information content (AvgIpc) is 2.63. The standard InChI is InChI=1S/C10H10ClN3S/c1-14-10(15-7-13-14)12-6-8-2-4-9(11)5-3-8/h2-7,10H,1H3/b12-6+. The zero-order valence-corrected chi connectivity index (χ0v) is 9.74. The highest BCUT2D eigenvalue weighted by atomic mass is 35.5. The van der Waals surface area contributed by atoms with Gasteiger partial charge in [0, 0.05) is 18.3 Å². The third kappa shape index (κ3) is 2.73. The maximum atomic E-state index is 5.79. The quantitative estimate of drug-likeness (QED) is 0.743. The second-order valence-corrected chi connectivity index (χ2v) is 4.43. The molecule has 0 bridgehead atoms. The Balaban J connectivity index is 2.02. The van der Waals surface area contributed by atoms with Crippen molar-refractivity contribution in [1.29, 1.82) is 0 Å². The van der Waals surface area contributed by atoms with Crippen molar-refractivity contribution in [1.82, 2.24) is 5.01 Å². The van der Waals surface area contributed by atoms with E-state index in [1.807, 2.05) is 42.5 Å². The SMILES string of the molecule is CN1N=CSC1/N=C/c1ccc(Cl)cc1. The minimum absolute atomic E-state index is 0.0562. The van der Waals surface area contributed by atoms with E-state index < -0.39 is 0 Å². The molecule has 15 heavy (non-hydrogen) atoms. The number of thioether (sulfide) groups is 1. The van der Waals surface area contributed by atoms with E-state index in [-0.39, 0.29) is 5.50 Å². The number of rotatable bonds is 2. The summed E-state index contributed by atoms with van der Waals surface area (Å²) in [6, 6.07) is 7.58. The minimum Gasteiger partial charge on any atom is -0.265 e. The molecule has 1 heterocycles. The molecule has 0 saturated carbocycles. The maximum Gasteiger partial charge on any atom is 0.188 e. The van der Waals surface area contributed by atoms with Crippen molar-refractivity contribution >= 4 is 35.1 Å². The van der Waals surface area contributed by atoms with Crippen LogP contribution in [0.5, 0.6) is 0 Å². The van der Waals surface area contributed by atoms with Crippen molar-refractivity contribution in [3.8, 4) is 0 Å². The molecule has 0 aromatic heterocycles. The van der Waals surface area contributed by atoms with Gasteiger partial charge in [-0.25, -0.2) is 0 Å². The summed E-state index contributed by atoms with van der Waals surface area (Å²) in [5.74, 6) is 0. The molecule has 78 valence electrons. The Morgan fingerprint density at radius 2 is 2.20 bits per heavy atom. The van der Waals surface area contributed by atoms with Crippen LogP contribution >= 0.6 is 23.4 Å². The second kappa shape index (κ2) is 4.68. The number of hydrazone groups is 1. The fourth-order valence-electron chi connectivity index (χ4n) is 1.13. The van der Waals surface area contributed by atoms with Gasteiger partial charge in [0.25, 0.3) is 0 Å². The number of hydrogen-bond acceptors (Lipinski definition) is 4. The first-order chi connectivity index (χ1) is 7.25. The number of aliphatic imine (C=N–C) groups is 1. The molecule has 1 aromatic carbocycles. The highest BCUT2D eigenvalue weighted by molar-refractivity contribution is 8.12. The monoisotopic (exact) mass is 239 g/mol. The van der Waals surface area contributed by atoms with Crippen molar-refractivity contribution in [2.75, 3.05) is 7.05 Å². The summed E-state index contributed by atoms with van der Waals surface area (Å²) in [4.78, 5) is 4.40. The van der Waals surface area contributed by atoms with Crippen molar-refractivity contribution in [2.45, 2.75) is 5.50 Å². The third-order valence-corrected chi connectivity index (χ3v) is 3.09. The van der Waals surface area contributed by atoms with Crippen LogP contribution in [0.4, 0.5) is 0 Å². The average molecular weight is 240 g/mol. The van der Waals surface area contributed by atoms with E-state index in [1.54, 1.807) is 17.3 Å². The Kier molecular flexibility index (Phi) is 3.28. The summed E-state index contributed by atoms with van der Waals surface area (Å²) in [5, 5.41) is 6.64. The lowest BCUT2D eigenvalue weighted by Crippen LogP contribution is -2.17. The molecule has 0 amide bonds. The minimum atomic E-state index is 0.0562. The van der Waals surface area contributed by atoms with Crippen LogP contribution in [0.2, 0.25) is 5.02 Å². The lowest BCUT2D eigenvalue weighted by atomic mass is 10.2. The van der Waals surface area contributed by atoms with Gasteiger partial charge in [0.15, 0.2) is 5.50 Å². The molecule has 0 N–H and O–H groups in total. The topological polar surface area (TPSA) is 28.0 Å². The molecule has 3 nitrogen and oxygen atoms in total. The van der Waals surface area contributed by atoms with Crippen molar-refractivity contribution in [2.24, 2.45) is 10.1 Å². The smallest absolute Gasteiger partial charge is 0.188 e. The van der Waals surface area contributed by atoms with Gasteiger partial charge in [0.2, 0.25) is 0 Å². The number of nitrogens with zero attached hydrogens (tertiary/aromatic N) is 3. The van der Waals surface area contributed by atoms with Gasteiger partial charge in [-0.15, -0.1) is 0 Å². The van der Waals surface area contributed by atoms with Crippen LogP contribution in [0.15, 0.2) is 34.4 Å². The molecular formula is C10H10ClN3S. The summed E-state index contributed by atoms with van der Waals surface area (Å²) in [7, 11) is 1.90. The molecule has 0 radical (unpaired) electrons. The molecule has 1 aliphatic rings. The predicted molar refractivity (Wildman–Crippen MR) is 66.7 cm³/mol. The van der Waals surface area contributed by atoms with Crippen molar-refractivity contribution in [3.05, 3.63) is 34.9 Å². The van der Waals surface area contributed by atoms with E-state index in [0.29, 0.717) is 0 Å².